The molecule has 0 radical (unpaired) electrons. The Morgan fingerprint density at radius 3 is 2.56 bits per heavy atom. The van der Waals surface area contributed by atoms with Crippen LogP contribution in [0.5, 0.6) is 0 Å². The Morgan fingerprint density at radius 2 is 1.84 bits per heavy atom. The van der Waals surface area contributed by atoms with Gasteiger partial charge in [0.15, 0.2) is 0 Å². The number of carboxylic acid groups (broad SMARTS) is 1. The minimum Gasteiger partial charge on any atom is -0.477 e. The highest BCUT2D eigenvalue weighted by Gasteiger charge is 2.48. The number of nitrogens with zero attached hydrogens (tertiary/aromatic N) is 4. The Labute approximate surface area is 259 Å². The molecular weight excluding hydrogens is 581 g/mol. The van der Waals surface area contributed by atoms with Crippen molar-refractivity contribution in [1.82, 2.24) is 19.8 Å². The second-order valence-electron chi connectivity index (χ2n) is 11.9. The molecule has 224 valence electrons. The lowest BCUT2D eigenvalue weighted by Gasteiger charge is -2.33. The van der Waals surface area contributed by atoms with Crippen LogP contribution in [0.4, 0.5) is 0 Å². The van der Waals surface area contributed by atoms with Gasteiger partial charge in [-0.15, -0.1) is 23.1 Å². The monoisotopic (exact) mass is 616 g/mol. The number of carboxylic acids is 1. The van der Waals surface area contributed by atoms with E-state index in [1.807, 2.05) is 24.8 Å². The Morgan fingerprint density at radius 1 is 1.05 bits per heavy atom. The molecule has 2 unspecified atom stereocenters. The fourth-order valence-corrected chi connectivity index (χ4v) is 9.42. The number of thiazole rings is 1. The molecule has 5 heterocycles. The Bertz CT molecular complexity index is 1650. The number of aryl methyl sites for hydroxylation is 2. The number of pyridine rings is 1. The second kappa shape index (κ2) is 11.7. The number of benzene rings is 1. The normalized spacial score (nSPS) is 22.8. The first-order valence-electron chi connectivity index (χ1n) is 15.2. The molecule has 1 N–H and O–H groups in total. The molecule has 3 aromatic rings. The van der Waals surface area contributed by atoms with Gasteiger partial charge in [0.25, 0.3) is 0 Å². The van der Waals surface area contributed by atoms with E-state index in [0.29, 0.717) is 37.1 Å². The van der Waals surface area contributed by atoms with Crippen molar-refractivity contribution in [3.05, 3.63) is 63.2 Å². The zero-order valence-corrected chi connectivity index (χ0v) is 26.2. The maximum atomic E-state index is 13.7. The van der Waals surface area contributed by atoms with Crippen LogP contribution in [0.2, 0.25) is 0 Å². The summed E-state index contributed by atoms with van der Waals surface area (Å²) in [6, 6.07) is 10.5. The van der Waals surface area contributed by atoms with Gasteiger partial charge in [0, 0.05) is 24.2 Å². The summed E-state index contributed by atoms with van der Waals surface area (Å²) in [6.07, 6.45) is 7.67. The number of aromatic nitrogens is 2. The molecule has 10 heteroatoms. The fraction of sp³-hybridized carbons (Fsp3) is 0.455. The van der Waals surface area contributed by atoms with Crippen molar-refractivity contribution in [2.24, 2.45) is 5.92 Å². The average molecular weight is 617 g/mol. The molecule has 3 aliphatic heterocycles. The summed E-state index contributed by atoms with van der Waals surface area (Å²) in [5, 5.41) is 12.0. The molecule has 0 bridgehead atoms. The topological polar surface area (TPSA) is 95.9 Å². The van der Waals surface area contributed by atoms with Gasteiger partial charge in [0.2, 0.25) is 5.91 Å². The van der Waals surface area contributed by atoms with Gasteiger partial charge in [0.05, 0.1) is 62.7 Å². The number of amides is 1. The summed E-state index contributed by atoms with van der Waals surface area (Å²) in [7, 11) is 0. The van der Waals surface area contributed by atoms with Gasteiger partial charge in [-0.1, -0.05) is 31.4 Å². The molecule has 1 aromatic carbocycles. The summed E-state index contributed by atoms with van der Waals surface area (Å²) >= 11 is 3.13. The third-order valence-electron chi connectivity index (χ3n) is 9.14. The van der Waals surface area contributed by atoms with Gasteiger partial charge >= 0.3 is 5.97 Å². The number of morpholine rings is 1. The minimum atomic E-state index is -0.887. The second-order valence-corrected chi connectivity index (χ2v) is 14.3. The van der Waals surface area contributed by atoms with Crippen LogP contribution in [0.3, 0.4) is 0 Å². The first kappa shape index (κ1) is 28.6. The molecule has 43 heavy (non-hydrogen) atoms. The molecule has 8 nitrogen and oxygen atoms in total. The van der Waals surface area contributed by atoms with Crippen molar-refractivity contribution in [3.63, 3.8) is 0 Å². The van der Waals surface area contributed by atoms with Crippen LogP contribution >= 0.6 is 23.1 Å². The predicted octanol–water partition coefficient (Wildman–Crippen LogP) is 5.89. The van der Waals surface area contributed by atoms with Gasteiger partial charge in [-0.3, -0.25) is 4.79 Å². The van der Waals surface area contributed by atoms with Crippen molar-refractivity contribution in [2.45, 2.75) is 57.2 Å². The number of rotatable bonds is 6. The zero-order chi connectivity index (χ0) is 29.7. The average Bonchev–Trinajstić information content (AvgIpc) is 3.69. The van der Waals surface area contributed by atoms with Crippen LogP contribution in [0, 0.1) is 19.8 Å². The quantitative estimate of drug-likeness (QED) is 0.366. The van der Waals surface area contributed by atoms with Crippen LogP contribution < -0.4 is 0 Å². The summed E-state index contributed by atoms with van der Waals surface area (Å²) in [5.74, 6) is -0.446. The van der Waals surface area contributed by atoms with E-state index in [1.54, 1.807) is 11.3 Å². The van der Waals surface area contributed by atoms with E-state index in [-0.39, 0.29) is 23.7 Å². The summed E-state index contributed by atoms with van der Waals surface area (Å²) in [5.41, 5.74) is 6.35. The number of thioether (sulfide) groups is 1. The van der Waals surface area contributed by atoms with Crippen molar-refractivity contribution < 1.29 is 19.4 Å². The van der Waals surface area contributed by atoms with E-state index >= 15 is 0 Å². The smallest absolute Gasteiger partial charge is 0.341 e. The largest absolute Gasteiger partial charge is 0.477 e. The molecule has 7 rings (SSSR count). The van der Waals surface area contributed by atoms with Crippen molar-refractivity contribution in [3.8, 4) is 10.6 Å². The van der Waals surface area contributed by atoms with Crippen LogP contribution in [0.25, 0.3) is 27.2 Å². The lowest BCUT2D eigenvalue weighted by Crippen LogP contribution is -2.46. The number of hydrogen-bond acceptors (Lipinski definition) is 8. The standard InChI is InChI=1S/C33H36N4O4S2/c1-19-31(42-20(2)34-19)25-11-8-22-16-23(9-10-24(22)35-25)30-29(21-6-4-3-5-7-21)32-26(17-27(43-32)33(39)40)37(30)18-28(38)36-12-14-41-15-13-36/h8-11,16-17,21,26,32H,3-7,12-15,18H2,1-2H3,(H,39,40). The number of carbonyl (C=O) groups is 2. The maximum absolute atomic E-state index is 13.7. The first-order chi connectivity index (χ1) is 20.9. The van der Waals surface area contributed by atoms with Gasteiger partial charge in [-0.2, -0.15) is 0 Å². The SMILES string of the molecule is Cc1nc(C)c(-c2ccc3cc(C4=C(C5CCCCC5)C5SC(C(=O)O)=CC5N4CC(=O)N4CCOCC4)ccc3n2)s1. The van der Waals surface area contributed by atoms with Gasteiger partial charge in [-0.25, -0.2) is 14.8 Å². The molecule has 4 aliphatic rings. The minimum absolute atomic E-state index is 0.00423. The van der Waals surface area contributed by atoms with Crippen LogP contribution in [0.1, 0.15) is 48.4 Å². The number of carbonyl (C=O) groups excluding carboxylic acids is 1. The van der Waals surface area contributed by atoms with Crippen molar-refractivity contribution in [1.29, 1.82) is 0 Å². The number of hydrogen-bond donors (Lipinski definition) is 1. The molecule has 0 spiro atoms. The molecular formula is C33H36N4O4S2. The van der Waals surface area contributed by atoms with E-state index < -0.39 is 5.97 Å². The Kier molecular flexibility index (Phi) is 7.77. The number of ether oxygens (including phenoxy) is 1. The molecule has 1 saturated heterocycles. The first-order valence-corrected chi connectivity index (χ1v) is 16.9. The summed E-state index contributed by atoms with van der Waals surface area (Å²) in [4.78, 5) is 41.0. The van der Waals surface area contributed by atoms with Crippen LogP contribution in [0.15, 0.2) is 46.9 Å². The van der Waals surface area contributed by atoms with Crippen LogP contribution in [-0.4, -0.2) is 80.9 Å². The third kappa shape index (κ3) is 5.38. The lowest BCUT2D eigenvalue weighted by molar-refractivity contribution is -0.135. The highest BCUT2D eigenvalue weighted by Crippen LogP contribution is 2.53. The number of aliphatic carboxylic acids is 1. The number of fused-ring (bicyclic) bond motifs is 2. The zero-order valence-electron chi connectivity index (χ0n) is 24.5. The molecule has 2 aromatic heterocycles. The van der Waals surface area contributed by atoms with E-state index in [0.717, 1.165) is 56.3 Å². The van der Waals surface area contributed by atoms with Crippen molar-refractivity contribution in [2.75, 3.05) is 32.8 Å². The van der Waals surface area contributed by atoms with E-state index in [1.165, 1.54) is 36.6 Å². The van der Waals surface area contributed by atoms with Crippen LogP contribution in [-0.2, 0) is 14.3 Å². The molecule has 1 saturated carbocycles. The molecule has 1 aliphatic carbocycles. The van der Waals surface area contributed by atoms with Crippen molar-refractivity contribution >= 4 is 51.6 Å². The lowest BCUT2D eigenvalue weighted by atomic mass is 9.81. The highest BCUT2D eigenvalue weighted by atomic mass is 32.2. The summed E-state index contributed by atoms with van der Waals surface area (Å²) < 4.78 is 5.50. The van der Waals surface area contributed by atoms with E-state index in [4.69, 9.17) is 9.72 Å². The Balaban J connectivity index is 1.32. The Hall–Kier alpha value is -3.21. The fourth-order valence-electron chi connectivity index (χ4n) is 7.14. The molecule has 2 atom stereocenters. The van der Waals surface area contributed by atoms with Gasteiger partial charge in [-0.05, 0) is 68.0 Å². The molecule has 1 amide bonds. The predicted molar refractivity (Wildman–Crippen MR) is 171 cm³/mol. The van der Waals surface area contributed by atoms with Gasteiger partial charge in [0.1, 0.15) is 0 Å². The van der Waals surface area contributed by atoms with E-state index in [2.05, 4.69) is 40.2 Å². The van der Waals surface area contributed by atoms with Gasteiger partial charge < -0.3 is 19.6 Å². The maximum Gasteiger partial charge on any atom is 0.341 e. The summed E-state index contributed by atoms with van der Waals surface area (Å²) in [6.45, 7) is 6.53. The third-order valence-corrected chi connectivity index (χ3v) is 11.6. The van der Waals surface area contributed by atoms with E-state index in [9.17, 15) is 14.7 Å². The molecule has 2 fully saturated rings. The highest BCUT2D eigenvalue weighted by molar-refractivity contribution is 8.05.